The molecule has 0 spiro atoms. The molecule has 2 aromatic heterocycles. The van der Waals surface area contributed by atoms with Crippen LogP contribution < -0.4 is 9.47 Å². The first kappa shape index (κ1) is 15.0. The number of allylic oxidation sites excluding steroid dienone is 1. The number of hydrogen-bond donors (Lipinski definition) is 0. The molecule has 6 heteroatoms. The van der Waals surface area contributed by atoms with Gasteiger partial charge in [-0.25, -0.2) is 0 Å². The van der Waals surface area contributed by atoms with E-state index < -0.39 is 0 Å². The van der Waals surface area contributed by atoms with Gasteiger partial charge in [0.25, 0.3) is 0 Å². The topological polar surface area (TPSA) is 65.0 Å². The maximum atomic E-state index is 12.6. The highest BCUT2D eigenvalue weighted by Gasteiger charge is 2.33. The largest absolute Gasteiger partial charge is 0.478 e. The van der Waals surface area contributed by atoms with Gasteiger partial charge in [0, 0.05) is 12.6 Å². The smallest absolute Gasteiger partial charge is 0.232 e. The molecule has 0 aliphatic carbocycles. The highest BCUT2D eigenvalue weighted by Crippen LogP contribution is 2.42. The fraction of sp³-hybridized carbons (Fsp3) is 0.150. The minimum absolute atomic E-state index is 0.151. The molecule has 26 heavy (non-hydrogen) atoms. The highest BCUT2D eigenvalue weighted by molar-refractivity contribution is 6.14. The summed E-state index contributed by atoms with van der Waals surface area (Å²) in [5, 5.41) is 0. The summed E-state index contributed by atoms with van der Waals surface area (Å²) < 4.78 is 22.4. The molecular formula is C20H15NO5. The molecule has 6 nitrogen and oxygen atoms in total. The lowest BCUT2D eigenvalue weighted by atomic mass is 10.0. The Bertz CT molecular complexity index is 986. The molecule has 0 bridgehead atoms. The molecule has 0 unspecified atom stereocenters. The van der Waals surface area contributed by atoms with Gasteiger partial charge in [0.05, 0.1) is 30.2 Å². The Morgan fingerprint density at radius 1 is 1.08 bits per heavy atom. The molecule has 3 aromatic rings. The van der Waals surface area contributed by atoms with Crippen molar-refractivity contribution in [1.29, 1.82) is 0 Å². The maximum absolute atomic E-state index is 12.6. The minimum Gasteiger partial charge on any atom is -0.478 e. The predicted molar refractivity (Wildman–Crippen MR) is 91.5 cm³/mol. The molecule has 0 radical (unpaired) electrons. The Morgan fingerprint density at radius 2 is 1.96 bits per heavy atom. The number of ketones is 1. The number of ether oxygens (including phenoxy) is 2. The quantitative estimate of drug-likeness (QED) is 0.670. The van der Waals surface area contributed by atoms with E-state index in [1.807, 2.05) is 18.2 Å². The number of rotatable bonds is 3. The molecule has 0 amide bonds. The number of fused-ring (bicyclic) bond motifs is 3. The van der Waals surface area contributed by atoms with Crippen molar-refractivity contribution in [3.8, 4) is 11.5 Å². The van der Waals surface area contributed by atoms with Crippen molar-refractivity contribution in [3.63, 3.8) is 0 Å². The number of furan rings is 2. The zero-order chi connectivity index (χ0) is 17.5. The summed E-state index contributed by atoms with van der Waals surface area (Å²) in [6.45, 7) is 1.69. The standard InChI is InChI=1S/C20H15NO5/c22-19-15-5-6-17-16(11-21(12-25-17)10-14-4-2-8-24-14)20(15)26-18(19)9-13-3-1-7-23-13/h1-9H,10-12H2. The van der Waals surface area contributed by atoms with Gasteiger partial charge in [-0.2, -0.15) is 0 Å². The monoisotopic (exact) mass is 349 g/mol. The van der Waals surface area contributed by atoms with Gasteiger partial charge in [-0.3, -0.25) is 9.69 Å². The lowest BCUT2D eigenvalue weighted by molar-refractivity contribution is 0.0810. The van der Waals surface area contributed by atoms with E-state index in [-0.39, 0.29) is 11.5 Å². The average Bonchev–Trinajstić information content (AvgIpc) is 3.39. The lowest BCUT2D eigenvalue weighted by Gasteiger charge is -2.29. The van der Waals surface area contributed by atoms with Crippen molar-refractivity contribution in [1.82, 2.24) is 4.90 Å². The van der Waals surface area contributed by atoms with Gasteiger partial charge in [-0.05, 0) is 36.4 Å². The summed E-state index contributed by atoms with van der Waals surface area (Å²) in [6, 6.07) is 10.9. The molecule has 0 atom stereocenters. The molecule has 2 aliphatic rings. The molecule has 0 N–H and O–H groups in total. The van der Waals surface area contributed by atoms with Crippen molar-refractivity contribution < 1.29 is 23.1 Å². The normalized spacial score (nSPS) is 17.7. The summed E-state index contributed by atoms with van der Waals surface area (Å²) >= 11 is 0. The van der Waals surface area contributed by atoms with Crippen LogP contribution in [0.25, 0.3) is 6.08 Å². The third-order valence-electron chi connectivity index (χ3n) is 4.46. The van der Waals surface area contributed by atoms with E-state index in [9.17, 15) is 4.79 Å². The first-order valence-electron chi connectivity index (χ1n) is 8.29. The second-order valence-corrected chi connectivity index (χ2v) is 6.21. The lowest BCUT2D eigenvalue weighted by Crippen LogP contribution is -2.31. The van der Waals surface area contributed by atoms with Crippen LogP contribution in [0.5, 0.6) is 11.5 Å². The van der Waals surface area contributed by atoms with Crippen LogP contribution in [0, 0.1) is 0 Å². The number of carbonyl (C=O) groups is 1. The second kappa shape index (κ2) is 5.93. The van der Waals surface area contributed by atoms with Crippen LogP contribution >= 0.6 is 0 Å². The number of Topliss-reactive ketones (excluding diaryl/α,β-unsaturated/α-hetero) is 1. The molecule has 2 aliphatic heterocycles. The van der Waals surface area contributed by atoms with E-state index in [0.29, 0.717) is 36.9 Å². The molecule has 0 saturated heterocycles. The fourth-order valence-corrected chi connectivity index (χ4v) is 3.23. The van der Waals surface area contributed by atoms with E-state index in [0.717, 1.165) is 17.1 Å². The van der Waals surface area contributed by atoms with Crippen LogP contribution in [0.15, 0.2) is 63.5 Å². The van der Waals surface area contributed by atoms with E-state index in [1.54, 1.807) is 36.8 Å². The number of hydrogen-bond acceptors (Lipinski definition) is 6. The molecule has 5 rings (SSSR count). The van der Waals surface area contributed by atoms with Crippen LogP contribution in [0.4, 0.5) is 0 Å². The number of benzene rings is 1. The summed E-state index contributed by atoms with van der Waals surface area (Å²) in [4.78, 5) is 14.7. The zero-order valence-electron chi connectivity index (χ0n) is 13.8. The molecule has 130 valence electrons. The van der Waals surface area contributed by atoms with Crippen molar-refractivity contribution in [2.45, 2.75) is 13.1 Å². The van der Waals surface area contributed by atoms with Crippen molar-refractivity contribution in [2.24, 2.45) is 0 Å². The van der Waals surface area contributed by atoms with Gasteiger partial charge in [-0.1, -0.05) is 0 Å². The van der Waals surface area contributed by atoms with E-state index in [1.165, 1.54) is 0 Å². The molecule has 0 fully saturated rings. The Hall–Kier alpha value is -3.25. The summed E-state index contributed by atoms with van der Waals surface area (Å²) in [5.41, 5.74) is 1.42. The van der Waals surface area contributed by atoms with Crippen molar-refractivity contribution in [2.75, 3.05) is 6.73 Å². The zero-order valence-corrected chi connectivity index (χ0v) is 13.8. The Kier molecular flexibility index (Phi) is 3.43. The predicted octanol–water partition coefficient (Wildman–Crippen LogP) is 3.84. The van der Waals surface area contributed by atoms with E-state index >= 15 is 0 Å². The van der Waals surface area contributed by atoms with Crippen LogP contribution in [-0.4, -0.2) is 17.4 Å². The maximum Gasteiger partial charge on any atom is 0.232 e. The van der Waals surface area contributed by atoms with Gasteiger partial charge in [-0.15, -0.1) is 0 Å². The van der Waals surface area contributed by atoms with Crippen molar-refractivity contribution in [3.05, 3.63) is 77.3 Å². The molecule has 4 heterocycles. The first-order chi connectivity index (χ1) is 12.8. The third kappa shape index (κ3) is 2.51. The Morgan fingerprint density at radius 3 is 2.77 bits per heavy atom. The van der Waals surface area contributed by atoms with Crippen LogP contribution in [0.3, 0.4) is 0 Å². The number of nitrogens with zero attached hydrogens (tertiary/aromatic N) is 1. The van der Waals surface area contributed by atoms with Gasteiger partial charge < -0.3 is 18.3 Å². The van der Waals surface area contributed by atoms with Crippen LogP contribution in [-0.2, 0) is 13.1 Å². The van der Waals surface area contributed by atoms with Crippen LogP contribution in [0.2, 0.25) is 0 Å². The average molecular weight is 349 g/mol. The molecular weight excluding hydrogens is 334 g/mol. The molecule has 0 saturated carbocycles. The SMILES string of the molecule is O=C1C(=Cc2ccco2)Oc2c1ccc1c2CN(Cc2ccco2)CO1. The van der Waals surface area contributed by atoms with Crippen LogP contribution in [0.1, 0.15) is 27.4 Å². The summed E-state index contributed by atoms with van der Waals surface area (Å²) in [6.07, 6.45) is 4.82. The number of carbonyl (C=O) groups excluding carboxylic acids is 1. The summed E-state index contributed by atoms with van der Waals surface area (Å²) in [7, 11) is 0. The second-order valence-electron chi connectivity index (χ2n) is 6.21. The summed E-state index contributed by atoms with van der Waals surface area (Å²) in [5.74, 6) is 2.85. The van der Waals surface area contributed by atoms with E-state index in [2.05, 4.69) is 4.90 Å². The third-order valence-corrected chi connectivity index (χ3v) is 4.46. The Balaban J connectivity index is 1.46. The van der Waals surface area contributed by atoms with Crippen molar-refractivity contribution >= 4 is 11.9 Å². The first-order valence-corrected chi connectivity index (χ1v) is 8.29. The fourth-order valence-electron chi connectivity index (χ4n) is 3.23. The highest BCUT2D eigenvalue weighted by atomic mass is 16.5. The molecule has 1 aromatic carbocycles. The Labute approximate surface area is 149 Å². The van der Waals surface area contributed by atoms with Gasteiger partial charge >= 0.3 is 0 Å². The van der Waals surface area contributed by atoms with Gasteiger partial charge in [0.15, 0.2) is 5.76 Å². The van der Waals surface area contributed by atoms with Gasteiger partial charge in [0.1, 0.15) is 29.8 Å². The minimum atomic E-state index is -0.151. The van der Waals surface area contributed by atoms with Gasteiger partial charge in [0.2, 0.25) is 5.78 Å². The van der Waals surface area contributed by atoms with E-state index in [4.69, 9.17) is 18.3 Å².